The van der Waals surface area contributed by atoms with Crippen molar-refractivity contribution in [3.63, 3.8) is 0 Å². The van der Waals surface area contributed by atoms with Crippen LogP contribution in [-0.2, 0) is 16.1 Å². The van der Waals surface area contributed by atoms with Crippen molar-refractivity contribution in [2.75, 3.05) is 14.2 Å². The highest BCUT2D eigenvalue weighted by atomic mass is 32.1. The van der Waals surface area contributed by atoms with Gasteiger partial charge in [-0.25, -0.2) is 9.79 Å². The van der Waals surface area contributed by atoms with Gasteiger partial charge in [0.25, 0.3) is 5.56 Å². The maximum atomic E-state index is 13.8. The Hall–Kier alpha value is -4.43. The average Bonchev–Trinajstić information content (AvgIpc) is 3.24. The number of thiazole rings is 1. The van der Waals surface area contributed by atoms with E-state index in [0.717, 1.165) is 33.6 Å². The highest BCUT2D eigenvalue weighted by molar-refractivity contribution is 7.07. The highest BCUT2D eigenvalue weighted by Crippen LogP contribution is 2.30. The number of nitrogens with zero attached hydrogens (tertiary/aromatic N) is 2. The maximum absolute atomic E-state index is 13.8. The van der Waals surface area contributed by atoms with Gasteiger partial charge < -0.3 is 14.2 Å². The number of hydrogen-bond donors (Lipinski definition) is 0. The van der Waals surface area contributed by atoms with Gasteiger partial charge in [0, 0.05) is 5.56 Å². The van der Waals surface area contributed by atoms with Gasteiger partial charge in [-0.15, -0.1) is 0 Å². The Labute approximate surface area is 236 Å². The lowest BCUT2D eigenvalue weighted by Gasteiger charge is -2.24. The molecule has 8 heteroatoms. The number of rotatable bonds is 7. The number of benzene rings is 3. The molecule has 0 amide bonds. The molecule has 0 aliphatic carbocycles. The monoisotopic (exact) mass is 554 g/mol. The van der Waals surface area contributed by atoms with Crippen molar-refractivity contribution in [1.82, 2.24) is 4.57 Å². The second kappa shape index (κ2) is 11.4. The largest absolute Gasteiger partial charge is 0.496 e. The van der Waals surface area contributed by atoms with Gasteiger partial charge in [0.05, 0.1) is 36.1 Å². The third-order valence-electron chi connectivity index (χ3n) is 6.73. The van der Waals surface area contributed by atoms with E-state index in [-0.39, 0.29) is 5.56 Å². The number of allylic oxidation sites excluding steroid dienone is 1. The van der Waals surface area contributed by atoms with Crippen LogP contribution in [0, 0.1) is 13.8 Å². The zero-order valence-electron chi connectivity index (χ0n) is 23.1. The Morgan fingerprint density at radius 2 is 1.73 bits per heavy atom. The SMILES string of the molecule is COC(=O)C1=C(C)N=c2s/c(=C\c3ccc(OC)c(COc4cc(C)cc(C)c4)c3)c(=O)n2C1c1ccccc1. The smallest absolute Gasteiger partial charge is 0.338 e. The minimum atomic E-state index is -0.635. The van der Waals surface area contributed by atoms with Gasteiger partial charge in [0.2, 0.25) is 0 Å². The summed E-state index contributed by atoms with van der Waals surface area (Å²) in [5, 5.41) is 0. The summed E-state index contributed by atoms with van der Waals surface area (Å²) in [6.45, 7) is 6.15. The van der Waals surface area contributed by atoms with E-state index in [1.54, 1.807) is 18.6 Å². The summed E-state index contributed by atoms with van der Waals surface area (Å²) >= 11 is 1.29. The first-order chi connectivity index (χ1) is 19.3. The second-order valence-electron chi connectivity index (χ2n) is 9.67. The van der Waals surface area contributed by atoms with Crippen molar-refractivity contribution in [1.29, 1.82) is 0 Å². The molecule has 2 heterocycles. The number of hydrogen-bond acceptors (Lipinski definition) is 7. The fourth-order valence-corrected chi connectivity index (χ4v) is 6.02. The summed E-state index contributed by atoms with van der Waals surface area (Å²) in [4.78, 5) is 31.7. The number of esters is 1. The van der Waals surface area contributed by atoms with Crippen LogP contribution in [0.1, 0.15) is 40.8 Å². The Morgan fingerprint density at radius 3 is 2.40 bits per heavy atom. The van der Waals surface area contributed by atoms with Gasteiger partial charge in [-0.3, -0.25) is 9.36 Å². The van der Waals surface area contributed by atoms with E-state index in [1.807, 2.05) is 80.6 Å². The standard InChI is InChI=1S/C32H30N2O5S/c1-19-13-20(2)15-25(14-19)39-18-24-16-22(11-12-26(24)37-4)17-27-30(35)34-29(23-9-7-6-8-10-23)28(31(36)38-5)21(3)33-32(34)40-27/h6-17,29H,18H2,1-5H3/b27-17-. The number of aromatic nitrogens is 1. The van der Waals surface area contributed by atoms with Crippen LogP contribution in [0.4, 0.5) is 0 Å². The van der Waals surface area contributed by atoms with Gasteiger partial charge >= 0.3 is 5.97 Å². The molecule has 1 aliphatic rings. The normalized spacial score (nSPS) is 14.9. The third kappa shape index (κ3) is 5.35. The molecule has 1 atom stereocenters. The molecular weight excluding hydrogens is 524 g/mol. The highest BCUT2D eigenvalue weighted by Gasteiger charge is 2.32. The van der Waals surface area contributed by atoms with E-state index in [2.05, 4.69) is 11.1 Å². The van der Waals surface area contributed by atoms with Crippen molar-refractivity contribution < 1.29 is 19.0 Å². The maximum Gasteiger partial charge on any atom is 0.338 e. The Morgan fingerprint density at radius 1 is 1.00 bits per heavy atom. The summed E-state index contributed by atoms with van der Waals surface area (Å²) in [5.41, 5.74) is 5.40. The molecule has 0 radical (unpaired) electrons. The predicted octanol–water partition coefficient (Wildman–Crippen LogP) is 4.61. The van der Waals surface area contributed by atoms with Crippen LogP contribution in [-0.4, -0.2) is 24.8 Å². The number of carbonyl (C=O) groups is 1. The van der Waals surface area contributed by atoms with Crippen LogP contribution < -0.4 is 24.4 Å². The molecule has 1 aliphatic heterocycles. The molecule has 1 aromatic heterocycles. The predicted molar refractivity (Wildman–Crippen MR) is 155 cm³/mol. The van der Waals surface area contributed by atoms with E-state index >= 15 is 0 Å². The molecule has 0 bridgehead atoms. The lowest BCUT2D eigenvalue weighted by molar-refractivity contribution is -0.136. The minimum Gasteiger partial charge on any atom is -0.496 e. The molecule has 7 nitrogen and oxygen atoms in total. The lowest BCUT2D eigenvalue weighted by Crippen LogP contribution is -2.39. The van der Waals surface area contributed by atoms with Gasteiger partial charge in [-0.1, -0.05) is 53.8 Å². The Balaban J connectivity index is 1.56. The summed E-state index contributed by atoms with van der Waals surface area (Å²) in [5.74, 6) is 0.981. The van der Waals surface area contributed by atoms with Crippen molar-refractivity contribution >= 4 is 23.4 Å². The Kier molecular flexibility index (Phi) is 7.71. The Bertz CT molecular complexity index is 1780. The molecule has 0 spiro atoms. The van der Waals surface area contributed by atoms with Crippen LogP contribution in [0.15, 0.2) is 87.8 Å². The number of ether oxygens (including phenoxy) is 3. The fourth-order valence-electron chi connectivity index (χ4n) is 4.97. The molecule has 0 saturated carbocycles. The first-order valence-corrected chi connectivity index (χ1v) is 13.6. The van der Waals surface area contributed by atoms with Gasteiger partial charge in [0.15, 0.2) is 4.80 Å². The second-order valence-corrected chi connectivity index (χ2v) is 10.7. The number of carbonyl (C=O) groups excluding carboxylic acids is 1. The summed E-state index contributed by atoms with van der Waals surface area (Å²) < 4.78 is 18.8. The lowest BCUT2D eigenvalue weighted by atomic mass is 9.96. The van der Waals surface area contributed by atoms with Crippen LogP contribution in [0.3, 0.4) is 0 Å². The molecule has 40 heavy (non-hydrogen) atoms. The van der Waals surface area contributed by atoms with Gasteiger partial charge in [-0.2, -0.15) is 0 Å². The van der Waals surface area contributed by atoms with E-state index < -0.39 is 12.0 Å². The van der Waals surface area contributed by atoms with Crippen LogP contribution in [0.2, 0.25) is 0 Å². The molecule has 3 aromatic carbocycles. The zero-order valence-corrected chi connectivity index (χ0v) is 23.9. The molecule has 5 rings (SSSR count). The van der Waals surface area contributed by atoms with Gasteiger partial charge in [-0.05, 0) is 73.4 Å². The summed E-state index contributed by atoms with van der Waals surface area (Å²) in [7, 11) is 2.96. The van der Waals surface area contributed by atoms with E-state index in [4.69, 9.17) is 14.2 Å². The van der Waals surface area contributed by atoms with Crippen molar-refractivity contribution in [3.05, 3.63) is 126 Å². The van der Waals surface area contributed by atoms with Crippen LogP contribution >= 0.6 is 11.3 Å². The summed E-state index contributed by atoms with van der Waals surface area (Å²) in [6, 6.07) is 20.6. The van der Waals surface area contributed by atoms with E-state index in [1.165, 1.54) is 18.4 Å². The quantitative estimate of drug-likeness (QED) is 0.312. The number of methoxy groups -OCH3 is 2. The van der Waals surface area contributed by atoms with Crippen molar-refractivity contribution in [2.24, 2.45) is 4.99 Å². The fraction of sp³-hybridized carbons (Fsp3) is 0.219. The van der Waals surface area contributed by atoms with E-state index in [9.17, 15) is 9.59 Å². The molecule has 1 unspecified atom stereocenters. The molecule has 4 aromatic rings. The molecule has 204 valence electrons. The molecule has 0 saturated heterocycles. The van der Waals surface area contributed by atoms with Crippen LogP contribution in [0.25, 0.3) is 6.08 Å². The minimum absolute atomic E-state index is 0.227. The topological polar surface area (TPSA) is 79.1 Å². The molecule has 0 fully saturated rings. The first kappa shape index (κ1) is 27.1. The zero-order chi connectivity index (χ0) is 28.4. The van der Waals surface area contributed by atoms with Crippen molar-refractivity contribution in [3.8, 4) is 11.5 Å². The number of aryl methyl sites for hydroxylation is 2. The third-order valence-corrected chi connectivity index (χ3v) is 7.72. The van der Waals surface area contributed by atoms with Gasteiger partial charge in [0.1, 0.15) is 18.1 Å². The molecule has 0 N–H and O–H groups in total. The van der Waals surface area contributed by atoms with Crippen molar-refractivity contribution in [2.45, 2.75) is 33.4 Å². The van der Waals surface area contributed by atoms with E-state index in [0.29, 0.717) is 33.0 Å². The summed E-state index contributed by atoms with van der Waals surface area (Å²) in [6.07, 6.45) is 1.84. The average molecular weight is 555 g/mol. The number of fused-ring (bicyclic) bond motifs is 1. The first-order valence-electron chi connectivity index (χ1n) is 12.8. The van der Waals surface area contributed by atoms with Crippen LogP contribution in [0.5, 0.6) is 11.5 Å². The molecular formula is C32H30N2O5S.